The number of hydrogen-bond donors (Lipinski definition) is 2. The summed E-state index contributed by atoms with van der Waals surface area (Å²) in [5.41, 5.74) is 0.644. The zero-order valence-corrected chi connectivity index (χ0v) is 12.1. The number of nitrogens with one attached hydrogen (secondary N) is 1. The Kier molecular flexibility index (Phi) is 4.15. The van der Waals surface area contributed by atoms with E-state index in [1.807, 2.05) is 4.90 Å². The van der Waals surface area contributed by atoms with E-state index in [-0.39, 0.29) is 19.1 Å². The lowest BCUT2D eigenvalue weighted by Gasteiger charge is -2.20. The number of likely N-dealkylation sites (tertiary alicyclic amines) is 1. The molecule has 22 heavy (non-hydrogen) atoms. The summed E-state index contributed by atoms with van der Waals surface area (Å²) >= 11 is 0. The highest BCUT2D eigenvalue weighted by atomic mass is 16.7. The van der Waals surface area contributed by atoms with Crippen molar-refractivity contribution in [3.63, 3.8) is 0 Å². The van der Waals surface area contributed by atoms with E-state index in [1.165, 1.54) is 0 Å². The Morgan fingerprint density at radius 3 is 2.95 bits per heavy atom. The molecule has 7 heteroatoms. The summed E-state index contributed by atoms with van der Waals surface area (Å²) in [5.74, 6) is 0.325. The molecule has 0 radical (unpaired) electrons. The number of ether oxygens (including phenoxy) is 2. The molecular weight excluding hydrogens is 288 g/mol. The van der Waals surface area contributed by atoms with Crippen molar-refractivity contribution in [3.05, 3.63) is 18.2 Å². The van der Waals surface area contributed by atoms with Gasteiger partial charge in [0.2, 0.25) is 12.7 Å². The first-order chi connectivity index (χ1) is 10.6. The fraction of sp³-hybridized carbons (Fsp3) is 0.467. The van der Waals surface area contributed by atoms with Crippen molar-refractivity contribution in [1.82, 2.24) is 4.90 Å². The van der Waals surface area contributed by atoms with Gasteiger partial charge in [0, 0.05) is 24.7 Å². The normalized spacial score (nSPS) is 20.1. The number of amides is 1. The molecule has 118 valence electrons. The number of nitrogens with zero attached hydrogens (tertiary/aromatic N) is 1. The van der Waals surface area contributed by atoms with Gasteiger partial charge in [0.1, 0.15) is 6.04 Å². The molecule has 1 unspecified atom stereocenters. The molecule has 0 bridgehead atoms. The summed E-state index contributed by atoms with van der Waals surface area (Å²) in [6.45, 7) is 1.37. The van der Waals surface area contributed by atoms with Crippen LogP contribution >= 0.6 is 0 Å². The van der Waals surface area contributed by atoms with Gasteiger partial charge >= 0.3 is 5.97 Å². The summed E-state index contributed by atoms with van der Waals surface area (Å²) < 4.78 is 10.5. The molecule has 0 aliphatic carbocycles. The van der Waals surface area contributed by atoms with E-state index in [1.54, 1.807) is 18.2 Å². The van der Waals surface area contributed by atoms with Gasteiger partial charge in [-0.2, -0.15) is 0 Å². The second-order valence-corrected chi connectivity index (χ2v) is 5.40. The topological polar surface area (TPSA) is 88.1 Å². The van der Waals surface area contributed by atoms with Crippen LogP contribution < -0.4 is 14.8 Å². The molecule has 1 saturated heterocycles. The molecule has 3 rings (SSSR count). The zero-order valence-electron chi connectivity index (χ0n) is 12.1. The number of carboxylic acids is 1. The quantitative estimate of drug-likeness (QED) is 0.852. The highest BCUT2D eigenvalue weighted by Gasteiger charge is 2.30. The predicted molar refractivity (Wildman–Crippen MR) is 78.0 cm³/mol. The fourth-order valence-electron chi connectivity index (χ4n) is 2.82. The molecule has 2 heterocycles. The first kappa shape index (κ1) is 14.6. The summed E-state index contributed by atoms with van der Waals surface area (Å²) in [6, 6.07) is 4.76. The highest BCUT2D eigenvalue weighted by molar-refractivity contribution is 5.91. The number of hydrogen-bond acceptors (Lipinski definition) is 5. The number of carbonyl (C=O) groups is 2. The molecule has 1 atom stereocenters. The van der Waals surface area contributed by atoms with Gasteiger partial charge in [0.15, 0.2) is 11.5 Å². The van der Waals surface area contributed by atoms with Gasteiger partial charge in [0.25, 0.3) is 0 Å². The van der Waals surface area contributed by atoms with Crippen LogP contribution in [0, 0.1) is 0 Å². The maximum absolute atomic E-state index is 12.0. The molecule has 0 aromatic heterocycles. The summed E-state index contributed by atoms with van der Waals surface area (Å²) in [7, 11) is 0. The van der Waals surface area contributed by atoms with Crippen LogP contribution in [0.15, 0.2) is 18.2 Å². The number of carboxylic acid groups (broad SMARTS) is 1. The molecule has 2 aliphatic rings. The molecule has 0 spiro atoms. The van der Waals surface area contributed by atoms with Crippen molar-refractivity contribution in [2.24, 2.45) is 0 Å². The Morgan fingerprint density at radius 1 is 1.32 bits per heavy atom. The largest absolute Gasteiger partial charge is 0.480 e. The second kappa shape index (κ2) is 6.23. The van der Waals surface area contributed by atoms with Crippen molar-refractivity contribution >= 4 is 17.6 Å². The SMILES string of the molecule is O=C(CCN1CCCC1C(=O)O)Nc1ccc2c(c1)OCO2. The Bertz CT molecular complexity index is 589. The second-order valence-electron chi connectivity index (χ2n) is 5.40. The Balaban J connectivity index is 1.51. The minimum absolute atomic E-state index is 0.144. The minimum Gasteiger partial charge on any atom is -0.480 e. The van der Waals surface area contributed by atoms with Crippen molar-refractivity contribution in [2.45, 2.75) is 25.3 Å². The third-order valence-corrected chi connectivity index (χ3v) is 3.93. The monoisotopic (exact) mass is 306 g/mol. The maximum atomic E-state index is 12.0. The molecule has 1 aromatic rings. The van der Waals surface area contributed by atoms with Crippen LogP contribution in [0.1, 0.15) is 19.3 Å². The smallest absolute Gasteiger partial charge is 0.320 e. The van der Waals surface area contributed by atoms with Crippen LogP contribution in [0.3, 0.4) is 0 Å². The van der Waals surface area contributed by atoms with Crippen LogP contribution in [0.25, 0.3) is 0 Å². The lowest BCUT2D eigenvalue weighted by atomic mass is 10.2. The van der Waals surface area contributed by atoms with Crippen LogP contribution in [0.2, 0.25) is 0 Å². The van der Waals surface area contributed by atoms with Gasteiger partial charge in [-0.25, -0.2) is 0 Å². The van der Waals surface area contributed by atoms with Crippen LogP contribution in [0.4, 0.5) is 5.69 Å². The van der Waals surface area contributed by atoms with Crippen molar-refractivity contribution in [1.29, 1.82) is 0 Å². The lowest BCUT2D eigenvalue weighted by molar-refractivity contribution is -0.142. The minimum atomic E-state index is -0.811. The van der Waals surface area contributed by atoms with Gasteiger partial charge in [-0.1, -0.05) is 0 Å². The summed E-state index contributed by atoms with van der Waals surface area (Å²) in [6.07, 6.45) is 1.78. The van der Waals surface area contributed by atoms with Gasteiger partial charge < -0.3 is 19.9 Å². The average Bonchev–Trinajstić information content (AvgIpc) is 3.13. The molecule has 1 fully saturated rings. The number of anilines is 1. The third kappa shape index (κ3) is 3.14. The Morgan fingerprint density at radius 2 is 2.14 bits per heavy atom. The standard InChI is InChI=1S/C15H18N2O5/c18-14(5-7-17-6-1-2-11(17)15(19)20)16-10-3-4-12-13(8-10)22-9-21-12/h3-4,8,11H,1-2,5-7,9H2,(H,16,18)(H,19,20). The maximum Gasteiger partial charge on any atom is 0.320 e. The summed E-state index contributed by atoms with van der Waals surface area (Å²) in [4.78, 5) is 24.9. The molecule has 0 saturated carbocycles. The number of aliphatic carboxylic acids is 1. The zero-order chi connectivity index (χ0) is 15.5. The first-order valence-electron chi connectivity index (χ1n) is 7.30. The highest BCUT2D eigenvalue weighted by Crippen LogP contribution is 2.34. The number of benzene rings is 1. The van der Waals surface area contributed by atoms with Crippen LogP contribution in [0.5, 0.6) is 11.5 Å². The van der Waals surface area contributed by atoms with E-state index in [2.05, 4.69) is 5.32 Å². The average molecular weight is 306 g/mol. The van der Waals surface area contributed by atoms with E-state index >= 15 is 0 Å². The number of rotatable bonds is 5. The van der Waals surface area contributed by atoms with E-state index in [0.29, 0.717) is 30.2 Å². The molecule has 2 aliphatic heterocycles. The van der Waals surface area contributed by atoms with E-state index < -0.39 is 12.0 Å². The Labute approximate surface area is 127 Å². The molecule has 7 nitrogen and oxygen atoms in total. The number of carbonyl (C=O) groups excluding carboxylic acids is 1. The molecular formula is C15H18N2O5. The van der Waals surface area contributed by atoms with Crippen LogP contribution in [-0.4, -0.2) is 47.8 Å². The first-order valence-corrected chi connectivity index (χ1v) is 7.30. The fourth-order valence-corrected chi connectivity index (χ4v) is 2.82. The predicted octanol–water partition coefficient (Wildman–Crippen LogP) is 1.29. The van der Waals surface area contributed by atoms with Crippen molar-refractivity contribution in [3.8, 4) is 11.5 Å². The Hall–Kier alpha value is -2.28. The van der Waals surface area contributed by atoms with Gasteiger partial charge in [-0.05, 0) is 31.5 Å². The molecule has 1 aromatic carbocycles. The molecule has 1 amide bonds. The summed E-state index contributed by atoms with van der Waals surface area (Å²) in [5, 5.41) is 11.9. The van der Waals surface area contributed by atoms with Gasteiger partial charge in [0.05, 0.1) is 0 Å². The van der Waals surface area contributed by atoms with Crippen molar-refractivity contribution in [2.75, 3.05) is 25.2 Å². The third-order valence-electron chi connectivity index (χ3n) is 3.93. The van der Waals surface area contributed by atoms with Gasteiger partial charge in [-0.3, -0.25) is 14.5 Å². The van der Waals surface area contributed by atoms with Crippen LogP contribution in [-0.2, 0) is 9.59 Å². The lowest BCUT2D eigenvalue weighted by Crippen LogP contribution is -2.37. The van der Waals surface area contributed by atoms with Crippen molar-refractivity contribution < 1.29 is 24.2 Å². The van der Waals surface area contributed by atoms with E-state index in [4.69, 9.17) is 14.6 Å². The van der Waals surface area contributed by atoms with Gasteiger partial charge in [-0.15, -0.1) is 0 Å². The van der Waals surface area contributed by atoms with E-state index in [9.17, 15) is 9.59 Å². The number of fused-ring (bicyclic) bond motifs is 1. The van der Waals surface area contributed by atoms with E-state index in [0.717, 1.165) is 13.0 Å². The molecule has 2 N–H and O–H groups in total.